The van der Waals surface area contributed by atoms with Crippen molar-refractivity contribution in [3.05, 3.63) is 29.0 Å². The van der Waals surface area contributed by atoms with Crippen molar-refractivity contribution in [2.24, 2.45) is 11.3 Å². The van der Waals surface area contributed by atoms with Gasteiger partial charge in [-0.15, -0.1) is 0 Å². The number of rotatable bonds is 2. The molecule has 0 atom stereocenters. The summed E-state index contributed by atoms with van der Waals surface area (Å²) in [6.45, 7) is 3.15. The number of pyridine rings is 1. The minimum Gasteiger partial charge on any atom is -0.347 e. The van der Waals surface area contributed by atoms with Crippen molar-refractivity contribution in [1.29, 1.82) is 0 Å². The molecule has 7 heteroatoms. The van der Waals surface area contributed by atoms with E-state index in [9.17, 15) is 9.59 Å². The minimum absolute atomic E-state index is 0.122. The molecule has 4 fully saturated rings. The van der Waals surface area contributed by atoms with E-state index >= 15 is 0 Å². The van der Waals surface area contributed by atoms with Crippen LogP contribution in [0.4, 0.5) is 4.79 Å². The maximum Gasteiger partial charge on any atom is 0.320 e. The molecule has 3 aliphatic heterocycles. The minimum atomic E-state index is -0.122. The second kappa shape index (κ2) is 6.61. The molecule has 0 aromatic carbocycles. The van der Waals surface area contributed by atoms with Crippen LogP contribution < -0.4 is 5.32 Å². The number of aromatic nitrogens is 1. The third-order valence-electron chi connectivity index (χ3n) is 7.27. The predicted octanol–water partition coefficient (Wildman–Crippen LogP) is 2.85. The summed E-state index contributed by atoms with van der Waals surface area (Å²) < 4.78 is 0. The van der Waals surface area contributed by atoms with Gasteiger partial charge in [0.1, 0.15) is 0 Å². The number of nitrogens with one attached hydrogen (secondary N) is 1. The lowest BCUT2D eigenvalue weighted by Crippen LogP contribution is -2.72. The van der Waals surface area contributed by atoms with Crippen LogP contribution in [0.1, 0.15) is 44.2 Å². The summed E-state index contributed by atoms with van der Waals surface area (Å²) in [5, 5.41) is 3.74. The fourth-order valence-electron chi connectivity index (χ4n) is 5.56. The Kier molecular flexibility index (Phi) is 4.30. The Labute approximate surface area is 170 Å². The molecule has 1 aromatic rings. The average Bonchev–Trinajstić information content (AvgIpc) is 3.03. The van der Waals surface area contributed by atoms with Crippen molar-refractivity contribution in [3.8, 4) is 0 Å². The zero-order valence-corrected chi connectivity index (χ0v) is 16.9. The largest absolute Gasteiger partial charge is 0.347 e. The monoisotopic (exact) mass is 402 g/mol. The number of hydrogen-bond donors (Lipinski definition) is 1. The van der Waals surface area contributed by atoms with Crippen molar-refractivity contribution < 1.29 is 9.59 Å². The van der Waals surface area contributed by atoms with Gasteiger partial charge in [0.25, 0.3) is 0 Å². The van der Waals surface area contributed by atoms with Crippen molar-refractivity contribution in [2.45, 2.75) is 50.5 Å². The second-order valence-corrected chi connectivity index (χ2v) is 9.87. The van der Waals surface area contributed by atoms with E-state index in [0.29, 0.717) is 35.9 Å². The number of hydrogen-bond acceptors (Lipinski definition) is 3. The molecule has 3 amide bonds. The highest BCUT2D eigenvalue weighted by Crippen LogP contribution is 2.47. The summed E-state index contributed by atoms with van der Waals surface area (Å²) in [7, 11) is 0. The first kappa shape index (κ1) is 18.2. The van der Waals surface area contributed by atoms with Gasteiger partial charge in [-0.25, -0.2) is 4.79 Å². The summed E-state index contributed by atoms with van der Waals surface area (Å²) in [5.74, 6) is 0.811. The fraction of sp³-hybridized carbons (Fsp3) is 0.667. The molecule has 1 N–H and O–H groups in total. The first-order chi connectivity index (χ1) is 13.4. The van der Waals surface area contributed by atoms with Gasteiger partial charge in [0, 0.05) is 49.9 Å². The van der Waals surface area contributed by atoms with Gasteiger partial charge in [0.05, 0.1) is 10.6 Å². The molecule has 5 rings (SSSR count). The Bertz CT molecular complexity index is 774. The molecule has 1 saturated carbocycles. The average molecular weight is 403 g/mol. The molecule has 28 heavy (non-hydrogen) atoms. The molecule has 2 spiro atoms. The van der Waals surface area contributed by atoms with Crippen molar-refractivity contribution >= 4 is 23.5 Å². The number of carbonyl (C=O) groups is 2. The zero-order chi connectivity index (χ0) is 19.4. The van der Waals surface area contributed by atoms with Crippen LogP contribution in [0.2, 0.25) is 5.02 Å². The van der Waals surface area contributed by atoms with Crippen LogP contribution in [-0.4, -0.2) is 58.4 Å². The van der Waals surface area contributed by atoms with E-state index in [1.165, 1.54) is 25.7 Å². The van der Waals surface area contributed by atoms with E-state index in [4.69, 9.17) is 11.6 Å². The van der Waals surface area contributed by atoms with Crippen molar-refractivity contribution in [1.82, 2.24) is 20.1 Å². The maximum atomic E-state index is 12.7. The highest BCUT2D eigenvalue weighted by molar-refractivity contribution is 6.30. The molecule has 6 nitrogen and oxygen atoms in total. The Hall–Kier alpha value is -1.82. The van der Waals surface area contributed by atoms with E-state index in [-0.39, 0.29) is 17.5 Å². The highest BCUT2D eigenvalue weighted by atomic mass is 35.5. The van der Waals surface area contributed by atoms with Crippen LogP contribution in [0.5, 0.6) is 0 Å². The van der Waals surface area contributed by atoms with Gasteiger partial charge in [0.2, 0.25) is 5.91 Å². The molecule has 150 valence electrons. The number of likely N-dealkylation sites (tertiary alicyclic amines) is 2. The molecule has 1 aliphatic carbocycles. The smallest absolute Gasteiger partial charge is 0.320 e. The topological polar surface area (TPSA) is 65.5 Å². The molecular formula is C21H27ClN4O2. The summed E-state index contributed by atoms with van der Waals surface area (Å²) in [6, 6.07) is 4.11. The van der Waals surface area contributed by atoms with Gasteiger partial charge < -0.3 is 15.1 Å². The van der Waals surface area contributed by atoms with E-state index in [1.807, 2.05) is 21.9 Å². The second-order valence-electron chi connectivity index (χ2n) is 9.44. The first-order valence-electron chi connectivity index (χ1n) is 10.4. The number of urea groups is 1. The standard InChI is InChI=1S/C21H27ClN4O2/c22-16-1-2-17(23-10-16)9-15-3-6-20(7-4-15)11-25(12-20)19(28)26-13-21(14-26)8-5-18(27)24-21/h1-2,10,15H,3-9,11-14H2,(H,24,27). The van der Waals surface area contributed by atoms with Crippen LogP contribution in [0.25, 0.3) is 0 Å². The number of nitrogens with zero attached hydrogens (tertiary/aromatic N) is 3. The summed E-state index contributed by atoms with van der Waals surface area (Å²) in [4.78, 5) is 32.5. The van der Waals surface area contributed by atoms with Gasteiger partial charge >= 0.3 is 6.03 Å². The zero-order valence-electron chi connectivity index (χ0n) is 16.1. The van der Waals surface area contributed by atoms with Gasteiger partial charge in [0.15, 0.2) is 0 Å². The quantitative estimate of drug-likeness (QED) is 0.827. The maximum absolute atomic E-state index is 12.7. The Balaban J connectivity index is 1.07. The lowest BCUT2D eigenvalue weighted by molar-refractivity contribution is -0.120. The lowest BCUT2D eigenvalue weighted by atomic mass is 9.65. The molecule has 0 unspecified atom stereocenters. The van der Waals surface area contributed by atoms with Crippen LogP contribution in [-0.2, 0) is 11.2 Å². The predicted molar refractivity (Wildman–Crippen MR) is 106 cm³/mol. The molecule has 1 aromatic heterocycles. The number of carbonyl (C=O) groups excluding carboxylic acids is 2. The van der Waals surface area contributed by atoms with E-state index in [0.717, 1.165) is 31.6 Å². The van der Waals surface area contributed by atoms with Crippen LogP contribution in [0.15, 0.2) is 18.3 Å². The third-order valence-corrected chi connectivity index (χ3v) is 7.49. The van der Waals surface area contributed by atoms with Gasteiger partial charge in [-0.1, -0.05) is 11.6 Å². The Morgan fingerprint density at radius 3 is 2.46 bits per heavy atom. The molecule has 3 saturated heterocycles. The summed E-state index contributed by atoms with van der Waals surface area (Å²) >= 11 is 5.92. The number of halogens is 1. The van der Waals surface area contributed by atoms with E-state index in [1.54, 1.807) is 6.20 Å². The van der Waals surface area contributed by atoms with Gasteiger partial charge in [-0.05, 0) is 56.6 Å². The Morgan fingerprint density at radius 2 is 1.86 bits per heavy atom. The highest BCUT2D eigenvalue weighted by Gasteiger charge is 2.53. The molecule has 4 aliphatic rings. The molecular weight excluding hydrogens is 376 g/mol. The van der Waals surface area contributed by atoms with Crippen molar-refractivity contribution in [3.63, 3.8) is 0 Å². The first-order valence-corrected chi connectivity index (χ1v) is 10.8. The SMILES string of the molecule is O=C1CCC2(CN(C(=O)N3CC4(CCC(Cc5ccc(Cl)cn5)CC4)C3)C2)N1. The molecule has 0 bridgehead atoms. The Morgan fingerprint density at radius 1 is 1.14 bits per heavy atom. The van der Waals surface area contributed by atoms with Crippen molar-refractivity contribution in [2.75, 3.05) is 26.2 Å². The normalized spacial score (nSPS) is 25.5. The van der Waals surface area contributed by atoms with Crippen LogP contribution >= 0.6 is 11.6 Å². The molecule has 0 radical (unpaired) electrons. The summed E-state index contributed by atoms with van der Waals surface area (Å²) in [5.41, 5.74) is 1.34. The van der Waals surface area contributed by atoms with Crippen LogP contribution in [0, 0.1) is 11.3 Å². The van der Waals surface area contributed by atoms with E-state index in [2.05, 4.69) is 10.3 Å². The summed E-state index contributed by atoms with van der Waals surface area (Å²) in [6.07, 6.45) is 9.05. The molecule has 4 heterocycles. The number of amides is 3. The van der Waals surface area contributed by atoms with E-state index < -0.39 is 0 Å². The van der Waals surface area contributed by atoms with Crippen LogP contribution in [0.3, 0.4) is 0 Å². The van der Waals surface area contributed by atoms with Gasteiger partial charge in [-0.2, -0.15) is 0 Å². The van der Waals surface area contributed by atoms with Gasteiger partial charge in [-0.3, -0.25) is 9.78 Å². The lowest BCUT2D eigenvalue weighted by Gasteiger charge is -2.57. The third kappa shape index (κ3) is 3.25. The fourth-order valence-corrected chi connectivity index (χ4v) is 5.67.